The summed E-state index contributed by atoms with van der Waals surface area (Å²) in [5, 5.41) is 28.2. The van der Waals surface area contributed by atoms with Crippen molar-refractivity contribution in [3.63, 3.8) is 0 Å². The van der Waals surface area contributed by atoms with Crippen LogP contribution in [0.4, 0.5) is 13.2 Å². The van der Waals surface area contributed by atoms with Crippen molar-refractivity contribution in [1.82, 2.24) is 10.2 Å². The minimum Gasteiger partial charge on any atom is -0.479 e. The number of benzene rings is 1. The van der Waals surface area contributed by atoms with Crippen LogP contribution in [0.3, 0.4) is 0 Å². The summed E-state index contributed by atoms with van der Waals surface area (Å²) in [5.41, 5.74) is 2.12. The maximum absolute atomic E-state index is 12.2. The molecular formula is C24H27F3N2O9S. The topological polar surface area (TPSA) is 163 Å². The quantitative estimate of drug-likeness (QED) is 0.313. The van der Waals surface area contributed by atoms with Crippen molar-refractivity contribution in [1.29, 1.82) is 0 Å². The smallest absolute Gasteiger partial charge is 0.479 e. The van der Waals surface area contributed by atoms with Crippen molar-refractivity contribution in [3.05, 3.63) is 45.1 Å². The van der Waals surface area contributed by atoms with E-state index < -0.39 is 37.3 Å². The Kier molecular flexibility index (Phi) is 11.5. The number of carboxylic acid groups (broad SMARTS) is 3. The fourth-order valence-electron chi connectivity index (χ4n) is 3.41. The number of aliphatic carboxylic acids is 3. The molecule has 0 fully saturated rings. The molecule has 2 aromatic rings. The van der Waals surface area contributed by atoms with E-state index in [0.29, 0.717) is 19.5 Å². The van der Waals surface area contributed by atoms with E-state index in [0.717, 1.165) is 30.0 Å². The van der Waals surface area contributed by atoms with Gasteiger partial charge in [-0.3, -0.25) is 4.79 Å². The van der Waals surface area contributed by atoms with Crippen LogP contribution in [0.1, 0.15) is 27.8 Å². The van der Waals surface area contributed by atoms with Gasteiger partial charge in [0.15, 0.2) is 24.7 Å². The first-order valence-electron chi connectivity index (χ1n) is 11.4. The molecule has 11 nitrogen and oxygen atoms in total. The number of alkyl halides is 3. The average Bonchev–Trinajstić information content (AvgIpc) is 3.26. The van der Waals surface area contributed by atoms with Gasteiger partial charge < -0.3 is 35.0 Å². The van der Waals surface area contributed by atoms with Gasteiger partial charge in [-0.05, 0) is 42.2 Å². The number of amides is 1. The molecular weight excluding hydrogens is 549 g/mol. The van der Waals surface area contributed by atoms with Crippen LogP contribution >= 0.6 is 11.3 Å². The highest BCUT2D eigenvalue weighted by Gasteiger charge is 2.38. The maximum atomic E-state index is 12.2. The summed E-state index contributed by atoms with van der Waals surface area (Å²) >= 11 is 1.75. The predicted molar refractivity (Wildman–Crippen MR) is 131 cm³/mol. The SMILES string of the molecule is CC(=O)N(CCc1ccc(OCC(=O)O)c(OCC(=O)O)c1)Cc1cc2c(s1)CCNC2.O=C(O)C(F)(F)F. The number of ether oxygens (including phenoxy) is 2. The molecule has 0 spiro atoms. The van der Waals surface area contributed by atoms with Crippen LogP contribution in [-0.4, -0.2) is 76.5 Å². The van der Waals surface area contributed by atoms with Gasteiger partial charge in [0.05, 0.1) is 6.54 Å². The zero-order valence-corrected chi connectivity index (χ0v) is 21.6. The molecule has 1 aliphatic heterocycles. The first-order valence-corrected chi connectivity index (χ1v) is 12.3. The van der Waals surface area contributed by atoms with Crippen molar-refractivity contribution >= 4 is 35.2 Å². The summed E-state index contributed by atoms with van der Waals surface area (Å²) in [7, 11) is 0. The third-order valence-corrected chi connectivity index (χ3v) is 6.43. The number of carbonyl (C=O) groups is 4. The number of carbonyl (C=O) groups excluding carboxylic acids is 1. The summed E-state index contributed by atoms with van der Waals surface area (Å²) in [6.45, 7) is 3.24. The Morgan fingerprint density at radius 3 is 2.18 bits per heavy atom. The Bertz CT molecular complexity index is 1160. The summed E-state index contributed by atoms with van der Waals surface area (Å²) in [4.78, 5) is 47.0. The molecule has 1 aromatic carbocycles. The molecule has 0 aliphatic carbocycles. The Hall–Kier alpha value is -3.85. The second-order valence-corrected chi connectivity index (χ2v) is 9.45. The molecule has 39 heavy (non-hydrogen) atoms. The largest absolute Gasteiger partial charge is 0.490 e. The van der Waals surface area contributed by atoms with Crippen molar-refractivity contribution in [2.45, 2.75) is 39.0 Å². The lowest BCUT2D eigenvalue weighted by atomic mass is 10.1. The first kappa shape index (κ1) is 31.4. The molecule has 0 saturated carbocycles. The highest BCUT2D eigenvalue weighted by atomic mass is 32.1. The van der Waals surface area contributed by atoms with Gasteiger partial charge >= 0.3 is 24.1 Å². The molecule has 1 aliphatic rings. The van der Waals surface area contributed by atoms with E-state index in [1.807, 2.05) is 0 Å². The van der Waals surface area contributed by atoms with E-state index in [-0.39, 0.29) is 17.4 Å². The first-order chi connectivity index (χ1) is 18.3. The number of halogens is 3. The normalized spacial score (nSPS) is 12.4. The number of fused-ring (bicyclic) bond motifs is 1. The van der Waals surface area contributed by atoms with Crippen LogP contribution in [0.5, 0.6) is 11.5 Å². The van der Waals surface area contributed by atoms with Crippen molar-refractivity contribution in [2.24, 2.45) is 0 Å². The van der Waals surface area contributed by atoms with Gasteiger partial charge in [0, 0.05) is 36.3 Å². The van der Waals surface area contributed by atoms with Gasteiger partial charge in [-0.25, -0.2) is 14.4 Å². The molecule has 15 heteroatoms. The van der Waals surface area contributed by atoms with E-state index in [1.54, 1.807) is 41.4 Å². The number of nitrogens with zero attached hydrogens (tertiary/aromatic N) is 1. The highest BCUT2D eigenvalue weighted by molar-refractivity contribution is 7.12. The van der Waals surface area contributed by atoms with Crippen LogP contribution in [-0.2, 0) is 45.1 Å². The number of hydrogen-bond donors (Lipinski definition) is 4. The summed E-state index contributed by atoms with van der Waals surface area (Å²) in [6.07, 6.45) is -3.55. The standard InChI is InChI=1S/C22H26N2O7S.C2HF3O2/c1-14(25)24(11-17-9-16-10-23-6-4-20(16)32-17)7-5-15-2-3-18(30-12-21(26)27)19(8-15)31-13-22(28)29;3-2(4,5)1(6)7/h2-3,8-9,23H,4-7,10-13H2,1H3,(H,26,27)(H,28,29);(H,6,7). The van der Waals surface area contributed by atoms with Crippen LogP contribution in [0.15, 0.2) is 24.3 Å². The van der Waals surface area contributed by atoms with E-state index >= 15 is 0 Å². The van der Waals surface area contributed by atoms with Crippen LogP contribution < -0.4 is 14.8 Å². The van der Waals surface area contributed by atoms with Gasteiger partial charge in [0.1, 0.15) is 0 Å². The third-order valence-electron chi connectivity index (χ3n) is 5.21. The zero-order valence-electron chi connectivity index (χ0n) is 20.7. The lowest BCUT2D eigenvalue weighted by Gasteiger charge is -2.21. The third kappa shape index (κ3) is 10.8. The Balaban J connectivity index is 0.000000673. The molecule has 0 bridgehead atoms. The van der Waals surface area contributed by atoms with Crippen LogP contribution in [0.25, 0.3) is 0 Å². The van der Waals surface area contributed by atoms with Crippen LogP contribution in [0.2, 0.25) is 0 Å². The molecule has 0 radical (unpaired) electrons. The molecule has 1 amide bonds. The van der Waals surface area contributed by atoms with E-state index in [9.17, 15) is 27.6 Å². The molecule has 0 unspecified atom stereocenters. The molecule has 2 heterocycles. The number of nitrogens with one attached hydrogen (secondary N) is 1. The number of rotatable bonds is 11. The molecule has 214 valence electrons. The second-order valence-electron chi connectivity index (χ2n) is 8.23. The van der Waals surface area contributed by atoms with Gasteiger partial charge in [-0.2, -0.15) is 13.2 Å². The van der Waals surface area contributed by atoms with Gasteiger partial charge in [-0.1, -0.05) is 6.07 Å². The molecule has 4 N–H and O–H groups in total. The Labute approximate surface area is 224 Å². The molecule has 0 saturated heterocycles. The number of carboxylic acids is 3. The number of hydrogen-bond acceptors (Lipinski definition) is 8. The van der Waals surface area contributed by atoms with Crippen molar-refractivity contribution in [2.75, 3.05) is 26.3 Å². The lowest BCUT2D eigenvalue weighted by Crippen LogP contribution is -2.30. The van der Waals surface area contributed by atoms with Gasteiger partial charge in [-0.15, -0.1) is 11.3 Å². The monoisotopic (exact) mass is 576 g/mol. The molecule has 0 atom stereocenters. The summed E-state index contributed by atoms with van der Waals surface area (Å²) in [5.74, 6) is -4.79. The zero-order chi connectivity index (χ0) is 29.2. The predicted octanol–water partition coefficient (Wildman–Crippen LogP) is 2.55. The minimum atomic E-state index is -5.08. The molecule has 1 aromatic heterocycles. The number of thiophene rings is 1. The van der Waals surface area contributed by atoms with Crippen molar-refractivity contribution < 1.29 is 57.1 Å². The van der Waals surface area contributed by atoms with Crippen LogP contribution in [0, 0.1) is 0 Å². The highest BCUT2D eigenvalue weighted by Crippen LogP contribution is 2.29. The second kappa shape index (κ2) is 14.3. The Morgan fingerprint density at radius 2 is 1.64 bits per heavy atom. The summed E-state index contributed by atoms with van der Waals surface area (Å²) < 4.78 is 42.2. The Morgan fingerprint density at radius 1 is 1.03 bits per heavy atom. The van der Waals surface area contributed by atoms with Crippen molar-refractivity contribution in [3.8, 4) is 11.5 Å². The van der Waals surface area contributed by atoms with E-state index in [2.05, 4.69) is 11.4 Å². The lowest BCUT2D eigenvalue weighted by molar-refractivity contribution is -0.192. The van der Waals surface area contributed by atoms with E-state index in [4.69, 9.17) is 29.6 Å². The fraction of sp³-hybridized carbons (Fsp3) is 0.417. The fourth-order valence-corrected chi connectivity index (χ4v) is 4.62. The van der Waals surface area contributed by atoms with Gasteiger partial charge in [0.25, 0.3) is 0 Å². The molecule has 3 rings (SSSR count). The minimum absolute atomic E-state index is 0.0294. The average molecular weight is 577 g/mol. The summed E-state index contributed by atoms with van der Waals surface area (Å²) in [6, 6.07) is 7.08. The maximum Gasteiger partial charge on any atom is 0.490 e. The van der Waals surface area contributed by atoms with E-state index in [1.165, 1.54) is 10.4 Å². The van der Waals surface area contributed by atoms with Gasteiger partial charge in [0.2, 0.25) is 5.91 Å².